The molecule has 1 aromatic carbocycles. The van der Waals surface area contributed by atoms with Gasteiger partial charge in [-0.1, -0.05) is 32.8 Å². The van der Waals surface area contributed by atoms with E-state index < -0.39 is 0 Å². The number of phenols is 1. The van der Waals surface area contributed by atoms with Crippen molar-refractivity contribution in [2.45, 2.75) is 82.8 Å². The molecule has 4 heteroatoms. The zero-order chi connectivity index (χ0) is 19.0. The highest BCUT2D eigenvalue weighted by atomic mass is 16.5. The molecule has 4 nitrogen and oxygen atoms in total. The monoisotopic (exact) mass is 358 g/mol. The number of phenolic OH excluding ortho intramolecular Hbond substituents is 1. The third-order valence-corrected chi connectivity index (χ3v) is 6.16. The van der Waals surface area contributed by atoms with Crippen LogP contribution in [0.15, 0.2) is 18.2 Å². The molecule has 2 N–H and O–H groups in total. The topological polar surface area (TPSA) is 65.3 Å². The third-order valence-electron chi connectivity index (χ3n) is 6.16. The first-order valence-electron chi connectivity index (χ1n) is 10.1. The minimum Gasteiger partial charge on any atom is -0.508 e. The summed E-state index contributed by atoms with van der Waals surface area (Å²) in [5.41, 5.74) is 2.56. The molecule has 26 heavy (non-hydrogen) atoms. The molecular weight excluding hydrogens is 324 g/mol. The first-order chi connectivity index (χ1) is 12.6. The van der Waals surface area contributed by atoms with E-state index in [2.05, 4.69) is 31.3 Å². The lowest BCUT2D eigenvalue weighted by Gasteiger charge is -2.49. The summed E-state index contributed by atoms with van der Waals surface area (Å²) in [6.07, 6.45) is 8.11. The van der Waals surface area contributed by atoms with Crippen LogP contribution in [0.25, 0.3) is 0 Å². The second-order valence-electron chi connectivity index (χ2n) is 7.44. The number of nitrogens with zero attached hydrogens (tertiary/aromatic N) is 1. The van der Waals surface area contributed by atoms with E-state index in [1.54, 1.807) is 6.07 Å². The summed E-state index contributed by atoms with van der Waals surface area (Å²) in [7, 11) is 1.81. The fraction of sp³-hybridized carbons (Fsp3) is 0.682. The quantitative estimate of drug-likeness (QED) is 0.606. The molecule has 1 aliphatic carbocycles. The number of unbranched alkanes of at least 4 members (excludes halogenated alkanes) is 4. The Hall–Kier alpha value is -1.57. The number of hydrogen-bond donors (Lipinski definition) is 2. The summed E-state index contributed by atoms with van der Waals surface area (Å²) in [5.74, 6) is 0.349. The van der Waals surface area contributed by atoms with Crippen LogP contribution < -0.4 is 5.32 Å². The van der Waals surface area contributed by atoms with E-state index in [9.17, 15) is 5.11 Å². The molecule has 2 atom stereocenters. The third kappa shape index (κ3) is 4.39. The Balaban J connectivity index is 2.13. The Morgan fingerprint density at radius 2 is 1.96 bits per heavy atom. The highest BCUT2D eigenvalue weighted by Gasteiger charge is 2.46. The summed E-state index contributed by atoms with van der Waals surface area (Å²) < 4.78 is 5.90. The predicted molar refractivity (Wildman–Crippen MR) is 105 cm³/mol. The number of aromatic hydroxyl groups is 1. The van der Waals surface area contributed by atoms with Crippen LogP contribution in [-0.4, -0.2) is 30.9 Å². The number of nitrogens with one attached hydrogen (secondary N) is 1. The molecule has 1 aliphatic rings. The second kappa shape index (κ2) is 9.94. The lowest BCUT2D eigenvalue weighted by molar-refractivity contribution is 0.0243. The molecule has 144 valence electrons. The van der Waals surface area contributed by atoms with Crippen molar-refractivity contribution in [1.29, 1.82) is 5.26 Å². The van der Waals surface area contributed by atoms with Crippen molar-refractivity contribution in [2.75, 3.05) is 13.7 Å². The molecule has 0 bridgehead atoms. The summed E-state index contributed by atoms with van der Waals surface area (Å²) in [6, 6.07) is 8.27. The Morgan fingerprint density at radius 3 is 2.62 bits per heavy atom. The van der Waals surface area contributed by atoms with Gasteiger partial charge in [0.25, 0.3) is 0 Å². The largest absolute Gasteiger partial charge is 0.508 e. The molecule has 0 fully saturated rings. The van der Waals surface area contributed by atoms with Gasteiger partial charge in [0.1, 0.15) is 5.75 Å². The van der Waals surface area contributed by atoms with Crippen LogP contribution in [0.4, 0.5) is 0 Å². The number of nitriles is 1. The molecule has 0 radical (unpaired) electrons. The van der Waals surface area contributed by atoms with Gasteiger partial charge in [-0.3, -0.25) is 0 Å². The summed E-state index contributed by atoms with van der Waals surface area (Å²) >= 11 is 0. The van der Waals surface area contributed by atoms with Crippen LogP contribution in [0.3, 0.4) is 0 Å². The van der Waals surface area contributed by atoms with Crippen LogP contribution in [0.5, 0.6) is 5.75 Å². The highest BCUT2D eigenvalue weighted by Crippen LogP contribution is 2.44. The van der Waals surface area contributed by atoms with Crippen LogP contribution in [0.2, 0.25) is 0 Å². The van der Waals surface area contributed by atoms with E-state index in [0.29, 0.717) is 12.2 Å². The minimum absolute atomic E-state index is 0.0200. The van der Waals surface area contributed by atoms with Gasteiger partial charge in [-0.25, -0.2) is 0 Å². The fourth-order valence-corrected chi connectivity index (χ4v) is 4.62. The molecule has 0 spiro atoms. The first kappa shape index (κ1) is 20.7. The van der Waals surface area contributed by atoms with Crippen LogP contribution in [0, 0.1) is 11.3 Å². The molecule has 0 saturated heterocycles. The number of fused-ring (bicyclic) bond motifs is 1. The Morgan fingerprint density at radius 1 is 1.23 bits per heavy atom. The molecule has 0 saturated carbocycles. The number of rotatable bonds is 10. The predicted octanol–water partition coefficient (Wildman–Crippen LogP) is 4.45. The van der Waals surface area contributed by atoms with E-state index in [-0.39, 0.29) is 17.6 Å². The Labute approximate surface area is 158 Å². The standard InChI is InChI=1S/C22H34N2O2/c1-4-22(5-2)19-16-18(25)12-11-17(19)15-20(26-3)21(22)24-14-10-8-6-7-9-13-23/h11-12,16,20-21,24-25H,4-10,14-15H2,1-3H3/t20-,21+/m0/s1. The van der Waals surface area contributed by atoms with Gasteiger partial charge in [0.2, 0.25) is 0 Å². The molecule has 0 aromatic heterocycles. The maximum absolute atomic E-state index is 10.1. The van der Waals surface area contributed by atoms with Gasteiger partial charge in [0.05, 0.1) is 12.2 Å². The van der Waals surface area contributed by atoms with E-state index in [0.717, 1.165) is 51.5 Å². The molecule has 0 unspecified atom stereocenters. The molecule has 0 amide bonds. The molecule has 1 aromatic rings. The Kier molecular flexibility index (Phi) is 7.93. The van der Waals surface area contributed by atoms with Crippen molar-refractivity contribution in [3.05, 3.63) is 29.3 Å². The summed E-state index contributed by atoms with van der Waals surface area (Å²) in [6.45, 7) is 5.45. The van der Waals surface area contributed by atoms with Crippen molar-refractivity contribution in [3.63, 3.8) is 0 Å². The molecule has 0 aliphatic heterocycles. The van der Waals surface area contributed by atoms with Crippen molar-refractivity contribution in [3.8, 4) is 11.8 Å². The maximum atomic E-state index is 10.1. The van der Waals surface area contributed by atoms with Gasteiger partial charge in [-0.2, -0.15) is 5.26 Å². The van der Waals surface area contributed by atoms with Crippen molar-refractivity contribution >= 4 is 0 Å². The molecule has 2 rings (SSSR count). The number of hydrogen-bond acceptors (Lipinski definition) is 4. The lowest BCUT2D eigenvalue weighted by Crippen LogP contribution is -2.59. The fourth-order valence-electron chi connectivity index (χ4n) is 4.62. The van der Waals surface area contributed by atoms with Gasteiger partial charge in [0.15, 0.2) is 0 Å². The smallest absolute Gasteiger partial charge is 0.115 e. The van der Waals surface area contributed by atoms with Gasteiger partial charge < -0.3 is 15.2 Å². The van der Waals surface area contributed by atoms with Crippen molar-refractivity contribution in [2.24, 2.45) is 0 Å². The van der Waals surface area contributed by atoms with Crippen LogP contribution in [0.1, 0.15) is 69.9 Å². The highest BCUT2D eigenvalue weighted by molar-refractivity contribution is 5.44. The normalized spacial score (nSPS) is 21.2. The van der Waals surface area contributed by atoms with E-state index in [1.807, 2.05) is 13.2 Å². The van der Waals surface area contributed by atoms with E-state index in [1.165, 1.54) is 11.1 Å². The number of benzene rings is 1. The minimum atomic E-state index is -0.0200. The van der Waals surface area contributed by atoms with Crippen LogP contribution in [-0.2, 0) is 16.6 Å². The van der Waals surface area contributed by atoms with Crippen molar-refractivity contribution < 1.29 is 9.84 Å². The van der Waals surface area contributed by atoms with Crippen LogP contribution >= 0.6 is 0 Å². The maximum Gasteiger partial charge on any atom is 0.115 e. The number of ether oxygens (including phenoxy) is 1. The SMILES string of the molecule is CCC1(CC)c2cc(O)ccc2C[C@H](OC)[C@H]1NCCCCCCC#N. The zero-order valence-corrected chi connectivity index (χ0v) is 16.6. The average Bonchev–Trinajstić information content (AvgIpc) is 2.66. The van der Waals surface area contributed by atoms with E-state index >= 15 is 0 Å². The molecule has 0 heterocycles. The van der Waals surface area contributed by atoms with Gasteiger partial charge in [0, 0.05) is 31.4 Å². The lowest BCUT2D eigenvalue weighted by atomic mass is 9.62. The second-order valence-corrected chi connectivity index (χ2v) is 7.44. The molecular formula is C22H34N2O2. The van der Waals surface area contributed by atoms with Gasteiger partial charge >= 0.3 is 0 Å². The summed E-state index contributed by atoms with van der Waals surface area (Å²) in [4.78, 5) is 0. The summed E-state index contributed by atoms with van der Waals surface area (Å²) in [5, 5.41) is 22.5. The first-order valence-corrected chi connectivity index (χ1v) is 10.1. The zero-order valence-electron chi connectivity index (χ0n) is 16.6. The van der Waals surface area contributed by atoms with Gasteiger partial charge in [-0.05, 0) is 55.5 Å². The average molecular weight is 359 g/mol. The Bertz CT molecular complexity index is 605. The van der Waals surface area contributed by atoms with Crippen molar-refractivity contribution in [1.82, 2.24) is 5.32 Å². The number of methoxy groups -OCH3 is 1. The van der Waals surface area contributed by atoms with E-state index in [4.69, 9.17) is 10.00 Å². The van der Waals surface area contributed by atoms with Gasteiger partial charge in [-0.15, -0.1) is 0 Å².